The fourth-order valence-electron chi connectivity index (χ4n) is 3.57. The summed E-state index contributed by atoms with van der Waals surface area (Å²) in [6.45, 7) is 2.96. The molecule has 126 valence electrons. The van der Waals surface area contributed by atoms with Crippen molar-refractivity contribution in [1.29, 1.82) is 0 Å². The summed E-state index contributed by atoms with van der Waals surface area (Å²) in [6.07, 6.45) is 4.59. The maximum atomic E-state index is 5.40. The van der Waals surface area contributed by atoms with Crippen LogP contribution >= 0.6 is 0 Å². The van der Waals surface area contributed by atoms with Crippen LogP contribution in [0.15, 0.2) is 41.2 Å². The average Bonchev–Trinajstić information content (AvgIpc) is 3.31. The van der Waals surface area contributed by atoms with Crippen LogP contribution < -0.4 is 0 Å². The van der Waals surface area contributed by atoms with E-state index >= 15 is 0 Å². The molecule has 0 spiro atoms. The zero-order valence-corrected chi connectivity index (χ0v) is 14.0. The zero-order valence-electron chi connectivity index (χ0n) is 14.0. The van der Waals surface area contributed by atoms with E-state index in [2.05, 4.69) is 45.4 Å². The third-order valence-corrected chi connectivity index (χ3v) is 4.90. The van der Waals surface area contributed by atoms with Gasteiger partial charge in [-0.05, 0) is 26.2 Å². The molecule has 1 aromatic carbocycles. The van der Waals surface area contributed by atoms with Crippen LogP contribution in [0.5, 0.6) is 0 Å². The van der Waals surface area contributed by atoms with Gasteiger partial charge in [-0.2, -0.15) is 0 Å². The summed E-state index contributed by atoms with van der Waals surface area (Å²) in [4.78, 5) is 4.75. The fourth-order valence-corrected chi connectivity index (χ4v) is 3.57. The van der Waals surface area contributed by atoms with Crippen LogP contribution in [-0.4, -0.2) is 69.7 Å². The molecule has 7 heteroatoms. The van der Waals surface area contributed by atoms with Crippen molar-refractivity contribution in [1.82, 2.24) is 30.0 Å². The number of hydrogen-bond acceptors (Lipinski definition) is 6. The third-order valence-electron chi connectivity index (χ3n) is 4.90. The highest BCUT2D eigenvalue weighted by atomic mass is 16.5. The molecule has 1 fully saturated rings. The average molecular weight is 326 g/mol. The molecule has 4 rings (SSSR count). The molecule has 3 heterocycles. The van der Waals surface area contributed by atoms with Crippen LogP contribution in [-0.2, 0) is 6.42 Å². The Balaban J connectivity index is 1.45. The van der Waals surface area contributed by atoms with Gasteiger partial charge in [-0.3, -0.25) is 4.90 Å². The summed E-state index contributed by atoms with van der Waals surface area (Å²) in [5.41, 5.74) is 1.90. The van der Waals surface area contributed by atoms with Crippen molar-refractivity contribution in [2.45, 2.75) is 18.5 Å². The summed E-state index contributed by atoms with van der Waals surface area (Å²) in [5, 5.41) is 13.5. The van der Waals surface area contributed by atoms with Gasteiger partial charge in [0.1, 0.15) is 0 Å². The molecule has 1 saturated heterocycles. The van der Waals surface area contributed by atoms with Gasteiger partial charge in [-0.15, -0.1) is 5.10 Å². The van der Waals surface area contributed by atoms with Crippen molar-refractivity contribution >= 4 is 11.0 Å². The van der Waals surface area contributed by atoms with Gasteiger partial charge >= 0.3 is 0 Å². The Morgan fingerprint density at radius 1 is 1.25 bits per heavy atom. The van der Waals surface area contributed by atoms with Crippen LogP contribution in [0.4, 0.5) is 0 Å². The molecular formula is C17H22N6O. The van der Waals surface area contributed by atoms with Crippen molar-refractivity contribution in [3.8, 4) is 0 Å². The minimum atomic E-state index is 0.330. The molecular weight excluding hydrogens is 304 g/mol. The maximum absolute atomic E-state index is 5.40. The number of hydrogen-bond donors (Lipinski definition) is 0. The van der Waals surface area contributed by atoms with Gasteiger partial charge < -0.3 is 9.42 Å². The predicted octanol–water partition coefficient (Wildman–Crippen LogP) is 1.45. The smallest absolute Gasteiger partial charge is 0.167 e. The van der Waals surface area contributed by atoms with E-state index in [-0.39, 0.29) is 0 Å². The lowest BCUT2D eigenvalue weighted by molar-refractivity contribution is 0.238. The Morgan fingerprint density at radius 2 is 2.12 bits per heavy atom. The summed E-state index contributed by atoms with van der Waals surface area (Å²) < 4.78 is 7.39. The number of likely N-dealkylation sites (N-methyl/N-ethyl adjacent to an activating group) is 1. The lowest BCUT2D eigenvalue weighted by atomic mass is 10.1. The Hall–Kier alpha value is -2.25. The zero-order chi connectivity index (χ0) is 16.5. The largest absolute Gasteiger partial charge is 0.356 e. The van der Waals surface area contributed by atoms with Gasteiger partial charge in [0, 0.05) is 43.7 Å². The topological polar surface area (TPSA) is 63.2 Å². The van der Waals surface area contributed by atoms with Crippen LogP contribution in [0, 0.1) is 0 Å². The number of benzene rings is 1. The molecule has 3 aromatic rings. The van der Waals surface area contributed by atoms with E-state index in [0.29, 0.717) is 12.1 Å². The molecule has 24 heavy (non-hydrogen) atoms. The summed E-state index contributed by atoms with van der Waals surface area (Å²) in [5.74, 6) is 0. The molecule has 1 aliphatic heterocycles. The minimum absolute atomic E-state index is 0.330. The van der Waals surface area contributed by atoms with E-state index in [9.17, 15) is 0 Å². The molecule has 0 radical (unpaired) electrons. The highest BCUT2D eigenvalue weighted by Gasteiger charge is 2.35. The molecule has 0 aliphatic carbocycles. The molecule has 2 atom stereocenters. The molecule has 7 nitrogen and oxygen atoms in total. The Bertz CT molecular complexity index is 796. The van der Waals surface area contributed by atoms with Crippen molar-refractivity contribution in [3.63, 3.8) is 0 Å². The van der Waals surface area contributed by atoms with Crippen molar-refractivity contribution < 1.29 is 4.52 Å². The second-order valence-electron chi connectivity index (χ2n) is 6.62. The number of rotatable bonds is 5. The first-order valence-corrected chi connectivity index (χ1v) is 8.30. The Morgan fingerprint density at radius 3 is 2.92 bits per heavy atom. The normalized spacial score (nSPS) is 22.0. The van der Waals surface area contributed by atoms with Gasteiger partial charge in [0.25, 0.3) is 0 Å². The van der Waals surface area contributed by atoms with Crippen molar-refractivity contribution in [2.24, 2.45) is 0 Å². The molecule has 0 bridgehead atoms. The van der Waals surface area contributed by atoms with Gasteiger partial charge in [0.2, 0.25) is 0 Å². The predicted molar refractivity (Wildman–Crippen MR) is 90.7 cm³/mol. The molecule has 1 aliphatic rings. The summed E-state index contributed by atoms with van der Waals surface area (Å²) in [6, 6.07) is 8.80. The summed E-state index contributed by atoms with van der Waals surface area (Å²) >= 11 is 0. The van der Waals surface area contributed by atoms with E-state index in [4.69, 9.17) is 4.52 Å². The van der Waals surface area contributed by atoms with Crippen LogP contribution in [0.3, 0.4) is 0 Å². The highest BCUT2D eigenvalue weighted by molar-refractivity contribution is 5.79. The molecule has 0 saturated carbocycles. The number of aromatic nitrogens is 4. The van der Waals surface area contributed by atoms with Crippen LogP contribution in [0.25, 0.3) is 11.0 Å². The second-order valence-corrected chi connectivity index (χ2v) is 6.62. The second kappa shape index (κ2) is 6.33. The first-order valence-electron chi connectivity index (χ1n) is 8.30. The minimum Gasteiger partial charge on any atom is -0.356 e. The maximum Gasteiger partial charge on any atom is 0.167 e. The molecule has 0 N–H and O–H groups in total. The summed E-state index contributed by atoms with van der Waals surface area (Å²) in [7, 11) is 4.26. The molecule has 0 unspecified atom stereocenters. The van der Waals surface area contributed by atoms with Gasteiger partial charge in [-0.25, -0.2) is 4.68 Å². The van der Waals surface area contributed by atoms with E-state index in [1.807, 2.05) is 29.1 Å². The van der Waals surface area contributed by atoms with Crippen molar-refractivity contribution in [2.75, 3.05) is 33.7 Å². The quantitative estimate of drug-likeness (QED) is 0.707. The number of para-hydroxylation sites is 1. The van der Waals surface area contributed by atoms with E-state index in [1.165, 1.54) is 0 Å². The highest BCUT2D eigenvalue weighted by Crippen LogP contribution is 2.25. The first kappa shape index (κ1) is 15.3. The SMILES string of the molecule is CN(C)[C@@H]1CN(CCc2noc3ccccc23)C[C@@H]1n1ccnn1. The molecule has 2 aromatic heterocycles. The number of fused-ring (bicyclic) bond motifs is 1. The fraction of sp³-hybridized carbons (Fsp3) is 0.471. The van der Waals surface area contributed by atoms with Crippen LogP contribution in [0.1, 0.15) is 11.7 Å². The van der Waals surface area contributed by atoms with Crippen molar-refractivity contribution in [3.05, 3.63) is 42.4 Å². The van der Waals surface area contributed by atoms with E-state index < -0.39 is 0 Å². The van der Waals surface area contributed by atoms with Gasteiger partial charge in [-0.1, -0.05) is 22.5 Å². The van der Waals surface area contributed by atoms with E-state index in [1.54, 1.807) is 6.20 Å². The standard InChI is InChI=1S/C17H22N6O/c1-21(2)15-11-22(12-16(15)23-10-8-18-20-23)9-7-14-13-5-3-4-6-17(13)24-19-14/h3-6,8,10,15-16H,7,9,11-12H2,1-2H3/t15-,16+/m1/s1. The lowest BCUT2D eigenvalue weighted by Crippen LogP contribution is -2.36. The van der Waals surface area contributed by atoms with Crippen LogP contribution in [0.2, 0.25) is 0 Å². The van der Waals surface area contributed by atoms with Gasteiger partial charge in [0.05, 0.1) is 17.9 Å². The Labute approximate surface area is 140 Å². The Kier molecular flexibility index (Phi) is 4.03. The molecule has 0 amide bonds. The van der Waals surface area contributed by atoms with Gasteiger partial charge in [0.15, 0.2) is 5.58 Å². The third kappa shape index (κ3) is 2.81. The number of likely N-dealkylation sites (tertiary alicyclic amines) is 1. The lowest BCUT2D eigenvalue weighted by Gasteiger charge is -2.24. The van der Waals surface area contributed by atoms with E-state index in [0.717, 1.165) is 42.7 Å². The number of nitrogens with zero attached hydrogens (tertiary/aromatic N) is 6. The first-order chi connectivity index (χ1) is 11.7. The monoisotopic (exact) mass is 326 g/mol.